The summed E-state index contributed by atoms with van der Waals surface area (Å²) in [5.74, 6) is 0.240. The van der Waals surface area contributed by atoms with Gasteiger partial charge in [0.05, 0.1) is 18.7 Å². The van der Waals surface area contributed by atoms with E-state index < -0.39 is 0 Å². The van der Waals surface area contributed by atoms with E-state index in [1.165, 1.54) is 11.3 Å². The molecule has 0 atom stereocenters. The van der Waals surface area contributed by atoms with Crippen LogP contribution in [0.1, 0.15) is 9.88 Å². The minimum Gasteiger partial charge on any atom is -0.508 e. The maximum absolute atomic E-state index is 11.8. The van der Waals surface area contributed by atoms with Crippen LogP contribution in [-0.4, -0.2) is 16.0 Å². The van der Waals surface area contributed by atoms with E-state index in [0.29, 0.717) is 13.0 Å². The largest absolute Gasteiger partial charge is 0.508 e. The maximum atomic E-state index is 11.8. The topological polar surface area (TPSA) is 62.2 Å². The van der Waals surface area contributed by atoms with E-state index in [1.807, 2.05) is 35.0 Å². The van der Waals surface area contributed by atoms with E-state index in [0.717, 1.165) is 21.1 Å². The number of carbonyl (C=O) groups excluding carboxylic acids is 1. The third-order valence-corrected chi connectivity index (χ3v) is 4.79. The lowest BCUT2D eigenvalue weighted by Gasteiger charge is -2.01. The number of hydrogen-bond acceptors (Lipinski definition) is 5. The van der Waals surface area contributed by atoms with Gasteiger partial charge in [0.2, 0.25) is 5.91 Å². The van der Waals surface area contributed by atoms with Gasteiger partial charge in [0.15, 0.2) is 0 Å². The molecule has 3 aromatic rings. The van der Waals surface area contributed by atoms with Gasteiger partial charge in [-0.25, -0.2) is 4.98 Å². The van der Waals surface area contributed by atoms with Crippen molar-refractivity contribution in [3.8, 4) is 17.0 Å². The van der Waals surface area contributed by atoms with Crippen LogP contribution in [0.25, 0.3) is 11.3 Å². The van der Waals surface area contributed by atoms with Crippen molar-refractivity contribution in [2.45, 2.75) is 13.0 Å². The second-order valence-corrected chi connectivity index (χ2v) is 6.68. The first-order chi connectivity index (χ1) is 10.7. The Labute approximate surface area is 136 Å². The van der Waals surface area contributed by atoms with Gasteiger partial charge < -0.3 is 10.4 Å². The quantitative estimate of drug-likeness (QED) is 0.753. The molecule has 0 radical (unpaired) electrons. The van der Waals surface area contributed by atoms with Crippen molar-refractivity contribution in [2.75, 3.05) is 0 Å². The van der Waals surface area contributed by atoms with Gasteiger partial charge in [-0.1, -0.05) is 6.07 Å². The summed E-state index contributed by atoms with van der Waals surface area (Å²) in [5.41, 5.74) is 1.80. The maximum Gasteiger partial charge on any atom is 0.225 e. The number of aromatic hydroxyl groups is 1. The highest BCUT2D eigenvalue weighted by Gasteiger charge is 2.07. The van der Waals surface area contributed by atoms with Gasteiger partial charge in [0.1, 0.15) is 10.8 Å². The number of nitrogens with zero attached hydrogens (tertiary/aromatic N) is 1. The summed E-state index contributed by atoms with van der Waals surface area (Å²) < 4.78 is 0. The zero-order chi connectivity index (χ0) is 15.4. The summed E-state index contributed by atoms with van der Waals surface area (Å²) in [6.07, 6.45) is 0.411. The smallest absolute Gasteiger partial charge is 0.225 e. The number of phenols is 1. The van der Waals surface area contributed by atoms with Crippen LogP contribution in [0.3, 0.4) is 0 Å². The van der Waals surface area contributed by atoms with E-state index in [2.05, 4.69) is 10.3 Å². The number of carbonyl (C=O) groups is 1. The fourth-order valence-electron chi connectivity index (χ4n) is 1.96. The fourth-order valence-corrected chi connectivity index (χ4v) is 3.41. The summed E-state index contributed by atoms with van der Waals surface area (Å²) in [6.45, 7) is 0.437. The van der Waals surface area contributed by atoms with E-state index >= 15 is 0 Å². The highest BCUT2D eigenvalue weighted by Crippen LogP contribution is 2.23. The Morgan fingerprint density at radius 3 is 2.73 bits per heavy atom. The second kappa shape index (κ2) is 6.72. The van der Waals surface area contributed by atoms with Crippen LogP contribution in [0, 0.1) is 0 Å². The Morgan fingerprint density at radius 1 is 1.18 bits per heavy atom. The fraction of sp³-hybridized carbons (Fsp3) is 0.125. The van der Waals surface area contributed by atoms with Crippen molar-refractivity contribution in [1.82, 2.24) is 10.3 Å². The summed E-state index contributed by atoms with van der Waals surface area (Å²) >= 11 is 3.09. The minimum atomic E-state index is 0.00355. The molecule has 0 unspecified atom stereocenters. The van der Waals surface area contributed by atoms with E-state index in [4.69, 9.17) is 0 Å². The van der Waals surface area contributed by atoms with Crippen molar-refractivity contribution in [1.29, 1.82) is 0 Å². The number of amides is 1. The van der Waals surface area contributed by atoms with E-state index in [9.17, 15) is 9.90 Å². The normalized spacial score (nSPS) is 10.5. The summed E-state index contributed by atoms with van der Waals surface area (Å²) in [5, 5.41) is 17.0. The van der Waals surface area contributed by atoms with Gasteiger partial charge in [-0.3, -0.25) is 4.79 Å². The van der Waals surface area contributed by atoms with Crippen LogP contribution < -0.4 is 5.32 Å². The molecule has 22 heavy (non-hydrogen) atoms. The number of aromatic nitrogens is 1. The predicted molar refractivity (Wildman–Crippen MR) is 89.1 cm³/mol. The number of benzene rings is 1. The van der Waals surface area contributed by atoms with Gasteiger partial charge in [-0.2, -0.15) is 0 Å². The Hall–Kier alpha value is -2.18. The summed E-state index contributed by atoms with van der Waals surface area (Å²) in [6, 6.07) is 10.8. The number of thiophene rings is 1. The molecule has 3 rings (SSSR count). The van der Waals surface area contributed by atoms with Crippen LogP contribution in [0.4, 0.5) is 0 Å². The van der Waals surface area contributed by atoms with Gasteiger partial charge >= 0.3 is 0 Å². The molecular formula is C16H14N2O2S2. The molecule has 2 heterocycles. The van der Waals surface area contributed by atoms with Crippen molar-refractivity contribution in [3.63, 3.8) is 0 Å². The van der Waals surface area contributed by atoms with Crippen molar-refractivity contribution >= 4 is 28.6 Å². The van der Waals surface area contributed by atoms with Gasteiger partial charge in [-0.05, 0) is 35.7 Å². The molecule has 4 nitrogen and oxygen atoms in total. The first-order valence-electron chi connectivity index (χ1n) is 6.73. The Bertz CT molecular complexity index is 749. The number of phenolic OH excluding ortho intramolecular Hbond substituents is 1. The molecule has 0 aliphatic rings. The van der Waals surface area contributed by atoms with Crippen LogP contribution in [0.5, 0.6) is 5.75 Å². The molecule has 0 aliphatic heterocycles. The molecule has 2 N–H and O–H groups in total. The molecule has 0 spiro atoms. The summed E-state index contributed by atoms with van der Waals surface area (Å²) in [4.78, 5) is 17.4. The lowest BCUT2D eigenvalue weighted by molar-refractivity contribution is -0.120. The third kappa shape index (κ3) is 3.72. The monoisotopic (exact) mass is 330 g/mol. The van der Waals surface area contributed by atoms with Crippen molar-refractivity contribution in [2.24, 2.45) is 0 Å². The zero-order valence-electron chi connectivity index (χ0n) is 11.7. The van der Waals surface area contributed by atoms with E-state index in [-0.39, 0.29) is 11.7 Å². The highest BCUT2D eigenvalue weighted by molar-refractivity contribution is 7.10. The van der Waals surface area contributed by atoms with E-state index in [1.54, 1.807) is 23.5 Å². The van der Waals surface area contributed by atoms with Crippen LogP contribution in [0.15, 0.2) is 47.2 Å². The standard InChI is InChI=1S/C16H14N2O2S2/c19-12-5-3-11(4-6-12)14-10-22-16(18-14)9-17-15(20)8-13-2-1-7-21-13/h1-7,10,19H,8-9H2,(H,17,20). The predicted octanol–water partition coefficient (Wildman–Crippen LogP) is 3.44. The zero-order valence-corrected chi connectivity index (χ0v) is 13.3. The molecule has 0 saturated heterocycles. The molecule has 0 aliphatic carbocycles. The van der Waals surface area contributed by atoms with Gasteiger partial charge in [0, 0.05) is 15.8 Å². The number of nitrogens with one attached hydrogen (secondary N) is 1. The lowest BCUT2D eigenvalue weighted by Crippen LogP contribution is -2.24. The molecule has 1 amide bonds. The van der Waals surface area contributed by atoms with Gasteiger partial charge in [0.25, 0.3) is 0 Å². The number of hydrogen-bond donors (Lipinski definition) is 2. The van der Waals surface area contributed by atoms with Crippen molar-refractivity contribution in [3.05, 3.63) is 57.0 Å². The minimum absolute atomic E-state index is 0.00355. The molecule has 112 valence electrons. The average molecular weight is 330 g/mol. The Kier molecular flexibility index (Phi) is 4.50. The second-order valence-electron chi connectivity index (χ2n) is 4.71. The Balaban J connectivity index is 1.57. The third-order valence-electron chi connectivity index (χ3n) is 3.07. The lowest BCUT2D eigenvalue weighted by atomic mass is 10.2. The average Bonchev–Trinajstić information content (AvgIpc) is 3.17. The molecule has 0 fully saturated rings. The molecule has 0 bridgehead atoms. The van der Waals surface area contributed by atoms with Crippen LogP contribution in [0.2, 0.25) is 0 Å². The van der Waals surface area contributed by atoms with Gasteiger partial charge in [-0.15, -0.1) is 22.7 Å². The number of rotatable bonds is 5. The molecule has 2 aromatic heterocycles. The first-order valence-corrected chi connectivity index (χ1v) is 8.49. The van der Waals surface area contributed by atoms with Crippen LogP contribution in [-0.2, 0) is 17.8 Å². The van der Waals surface area contributed by atoms with Crippen LogP contribution >= 0.6 is 22.7 Å². The Morgan fingerprint density at radius 2 is 2.00 bits per heavy atom. The first kappa shape index (κ1) is 14.7. The molecule has 0 saturated carbocycles. The number of thiazole rings is 1. The summed E-state index contributed by atoms with van der Waals surface area (Å²) in [7, 11) is 0. The highest BCUT2D eigenvalue weighted by atomic mass is 32.1. The SMILES string of the molecule is O=C(Cc1cccs1)NCc1nc(-c2ccc(O)cc2)cs1. The molecular weight excluding hydrogens is 316 g/mol. The molecule has 1 aromatic carbocycles. The molecule has 6 heteroatoms. The van der Waals surface area contributed by atoms with Crippen molar-refractivity contribution < 1.29 is 9.90 Å².